The Kier molecular flexibility index (Phi) is 3.94. The molecule has 0 saturated heterocycles. The molecule has 1 aromatic carbocycles. The van der Waals surface area contributed by atoms with Crippen molar-refractivity contribution in [2.75, 3.05) is 13.7 Å². The molecule has 18 heavy (non-hydrogen) atoms. The molecule has 0 spiro atoms. The van der Waals surface area contributed by atoms with Gasteiger partial charge in [-0.2, -0.15) is 5.10 Å². The maximum absolute atomic E-state index is 13.3. The highest BCUT2D eigenvalue weighted by molar-refractivity contribution is 5.60. The number of hydrogen-bond donors (Lipinski definition) is 1. The standard InChI is InChI=1S/C13H15FN2O2/c1-18-8-2-7-16-12(5-6-15-16)10-3-4-13(17)11(14)9-10/h3-6,9,17H,2,7-8H2,1H3. The zero-order chi connectivity index (χ0) is 13.0. The number of rotatable bonds is 5. The summed E-state index contributed by atoms with van der Waals surface area (Å²) in [5, 5.41) is 13.4. The van der Waals surface area contributed by atoms with Crippen LogP contribution in [-0.2, 0) is 11.3 Å². The Labute approximate surface area is 105 Å². The van der Waals surface area contributed by atoms with Gasteiger partial charge in [-0.1, -0.05) is 0 Å². The van der Waals surface area contributed by atoms with Crippen molar-refractivity contribution in [3.63, 3.8) is 0 Å². The quantitative estimate of drug-likeness (QED) is 0.829. The minimum Gasteiger partial charge on any atom is -0.505 e. The van der Waals surface area contributed by atoms with Gasteiger partial charge in [-0.25, -0.2) is 4.39 Å². The number of aromatic nitrogens is 2. The number of ether oxygens (including phenoxy) is 1. The smallest absolute Gasteiger partial charge is 0.165 e. The number of benzene rings is 1. The molecule has 0 bridgehead atoms. The molecule has 0 fully saturated rings. The first-order valence-corrected chi connectivity index (χ1v) is 5.72. The SMILES string of the molecule is COCCCn1nccc1-c1ccc(O)c(F)c1. The Balaban J connectivity index is 2.22. The molecule has 0 aliphatic rings. The van der Waals surface area contributed by atoms with Crippen LogP contribution in [-0.4, -0.2) is 28.6 Å². The number of phenols is 1. The lowest BCUT2D eigenvalue weighted by Gasteiger charge is -2.08. The molecule has 2 aromatic rings. The van der Waals surface area contributed by atoms with Gasteiger partial charge in [0.05, 0.1) is 5.69 Å². The van der Waals surface area contributed by atoms with Crippen molar-refractivity contribution in [3.8, 4) is 17.0 Å². The molecule has 0 amide bonds. The number of nitrogens with zero attached hydrogens (tertiary/aromatic N) is 2. The average molecular weight is 250 g/mol. The van der Waals surface area contributed by atoms with Crippen molar-refractivity contribution in [1.82, 2.24) is 9.78 Å². The van der Waals surface area contributed by atoms with Crippen LogP contribution in [0.4, 0.5) is 4.39 Å². The Morgan fingerprint density at radius 2 is 2.22 bits per heavy atom. The van der Waals surface area contributed by atoms with Gasteiger partial charge in [-0.3, -0.25) is 4.68 Å². The molecule has 0 aliphatic carbocycles. The third kappa shape index (κ3) is 2.68. The Morgan fingerprint density at radius 1 is 1.39 bits per heavy atom. The lowest BCUT2D eigenvalue weighted by molar-refractivity contribution is 0.189. The monoisotopic (exact) mass is 250 g/mol. The van der Waals surface area contributed by atoms with Crippen molar-refractivity contribution in [1.29, 1.82) is 0 Å². The molecule has 4 nitrogen and oxygen atoms in total. The maximum atomic E-state index is 13.3. The molecule has 1 heterocycles. The van der Waals surface area contributed by atoms with E-state index in [0.29, 0.717) is 18.7 Å². The summed E-state index contributed by atoms with van der Waals surface area (Å²) in [5.41, 5.74) is 1.52. The number of aryl methyl sites for hydroxylation is 1. The lowest BCUT2D eigenvalue weighted by atomic mass is 10.1. The topological polar surface area (TPSA) is 47.3 Å². The van der Waals surface area contributed by atoms with Gasteiger partial charge in [0.25, 0.3) is 0 Å². The number of halogens is 1. The van der Waals surface area contributed by atoms with Crippen molar-refractivity contribution in [2.45, 2.75) is 13.0 Å². The molecule has 0 saturated carbocycles. The van der Waals surface area contributed by atoms with Gasteiger partial charge in [0.15, 0.2) is 11.6 Å². The van der Waals surface area contributed by atoms with Crippen molar-refractivity contribution in [3.05, 3.63) is 36.3 Å². The minimum atomic E-state index is -0.628. The highest BCUT2D eigenvalue weighted by Gasteiger charge is 2.08. The fourth-order valence-corrected chi connectivity index (χ4v) is 1.78. The van der Waals surface area contributed by atoms with Gasteiger partial charge in [0.2, 0.25) is 0 Å². The second-order valence-corrected chi connectivity index (χ2v) is 3.95. The second kappa shape index (κ2) is 5.64. The van der Waals surface area contributed by atoms with Gasteiger partial charge in [0, 0.05) is 32.0 Å². The van der Waals surface area contributed by atoms with Crippen molar-refractivity contribution < 1.29 is 14.2 Å². The third-order valence-electron chi connectivity index (χ3n) is 2.68. The molecular formula is C13H15FN2O2. The van der Waals surface area contributed by atoms with Gasteiger partial charge >= 0.3 is 0 Å². The summed E-state index contributed by atoms with van der Waals surface area (Å²) in [6.07, 6.45) is 2.51. The number of aromatic hydroxyl groups is 1. The number of phenolic OH excluding ortho intramolecular Hbond substituents is 1. The van der Waals surface area contributed by atoms with E-state index in [9.17, 15) is 4.39 Å². The van der Waals surface area contributed by atoms with Crippen LogP contribution < -0.4 is 0 Å². The van der Waals surface area contributed by atoms with E-state index in [-0.39, 0.29) is 5.75 Å². The first-order chi connectivity index (χ1) is 8.72. The summed E-state index contributed by atoms with van der Waals surface area (Å²) in [6, 6.07) is 6.14. The molecule has 5 heteroatoms. The molecule has 1 aromatic heterocycles. The first kappa shape index (κ1) is 12.6. The molecule has 96 valence electrons. The van der Waals surface area contributed by atoms with Gasteiger partial charge in [-0.05, 0) is 30.7 Å². The minimum absolute atomic E-state index is 0.343. The molecule has 2 rings (SSSR count). The van der Waals surface area contributed by atoms with Crippen molar-refractivity contribution >= 4 is 0 Å². The van der Waals surface area contributed by atoms with Gasteiger partial charge < -0.3 is 9.84 Å². The van der Waals surface area contributed by atoms with Crippen molar-refractivity contribution in [2.24, 2.45) is 0 Å². The van der Waals surface area contributed by atoms with E-state index < -0.39 is 5.82 Å². The van der Waals surface area contributed by atoms with E-state index in [0.717, 1.165) is 12.1 Å². The largest absolute Gasteiger partial charge is 0.505 e. The highest BCUT2D eigenvalue weighted by atomic mass is 19.1. The predicted octanol–water partition coefficient (Wildman–Crippen LogP) is 2.43. The molecule has 0 atom stereocenters. The lowest BCUT2D eigenvalue weighted by Crippen LogP contribution is -2.04. The first-order valence-electron chi connectivity index (χ1n) is 5.72. The van der Waals surface area contributed by atoms with E-state index >= 15 is 0 Å². The van der Waals surface area contributed by atoms with Crippen LogP contribution in [0.3, 0.4) is 0 Å². The van der Waals surface area contributed by atoms with E-state index in [1.165, 1.54) is 12.1 Å². The fraction of sp³-hybridized carbons (Fsp3) is 0.308. The predicted molar refractivity (Wildman–Crippen MR) is 65.8 cm³/mol. The Bertz CT molecular complexity index is 525. The van der Waals surface area contributed by atoms with Crippen LogP contribution in [0.2, 0.25) is 0 Å². The van der Waals surface area contributed by atoms with Gasteiger partial charge in [0.1, 0.15) is 0 Å². The van der Waals surface area contributed by atoms with Crippen LogP contribution in [0.5, 0.6) is 5.75 Å². The summed E-state index contributed by atoms with van der Waals surface area (Å²) in [4.78, 5) is 0. The van der Waals surface area contributed by atoms with Crippen LogP contribution in [0, 0.1) is 5.82 Å². The molecular weight excluding hydrogens is 235 g/mol. The number of hydrogen-bond acceptors (Lipinski definition) is 3. The summed E-state index contributed by atoms with van der Waals surface area (Å²) >= 11 is 0. The third-order valence-corrected chi connectivity index (χ3v) is 2.68. The molecule has 0 aliphatic heterocycles. The number of methoxy groups -OCH3 is 1. The van der Waals surface area contributed by atoms with E-state index in [2.05, 4.69) is 5.10 Å². The molecule has 1 N–H and O–H groups in total. The summed E-state index contributed by atoms with van der Waals surface area (Å²) < 4.78 is 20.1. The Morgan fingerprint density at radius 3 is 2.94 bits per heavy atom. The maximum Gasteiger partial charge on any atom is 0.165 e. The van der Waals surface area contributed by atoms with Crippen LogP contribution >= 0.6 is 0 Å². The zero-order valence-electron chi connectivity index (χ0n) is 10.1. The zero-order valence-corrected chi connectivity index (χ0v) is 10.1. The van der Waals surface area contributed by atoms with E-state index in [1.54, 1.807) is 24.1 Å². The van der Waals surface area contributed by atoms with Crippen LogP contribution in [0.15, 0.2) is 30.5 Å². The molecule has 0 radical (unpaired) electrons. The van der Waals surface area contributed by atoms with Crippen LogP contribution in [0.25, 0.3) is 11.3 Å². The fourth-order valence-electron chi connectivity index (χ4n) is 1.78. The van der Waals surface area contributed by atoms with E-state index in [4.69, 9.17) is 9.84 Å². The highest BCUT2D eigenvalue weighted by Crippen LogP contribution is 2.24. The normalized spacial score (nSPS) is 10.8. The summed E-state index contributed by atoms with van der Waals surface area (Å²) in [5.74, 6) is -0.971. The summed E-state index contributed by atoms with van der Waals surface area (Å²) in [7, 11) is 1.65. The van der Waals surface area contributed by atoms with Crippen LogP contribution in [0.1, 0.15) is 6.42 Å². The summed E-state index contributed by atoms with van der Waals surface area (Å²) in [6.45, 7) is 1.36. The van der Waals surface area contributed by atoms with Gasteiger partial charge in [-0.15, -0.1) is 0 Å². The molecule has 0 unspecified atom stereocenters. The Hall–Kier alpha value is -1.88. The van der Waals surface area contributed by atoms with E-state index in [1.807, 2.05) is 6.07 Å². The average Bonchev–Trinajstić information content (AvgIpc) is 2.81. The second-order valence-electron chi connectivity index (χ2n) is 3.95.